The van der Waals surface area contributed by atoms with Crippen LogP contribution in [0.15, 0.2) is 55.0 Å². The molecule has 3 aromatic rings. The molecule has 0 fully saturated rings. The number of amides is 2. The van der Waals surface area contributed by atoms with Crippen LogP contribution in [0, 0.1) is 0 Å². The number of aryl methyl sites for hydroxylation is 1. The van der Waals surface area contributed by atoms with Crippen LogP contribution in [0.2, 0.25) is 0 Å². The molecule has 0 aliphatic heterocycles. The number of carbonyl (C=O) groups is 3. The number of rotatable bonds is 8. The van der Waals surface area contributed by atoms with Crippen molar-refractivity contribution in [2.45, 2.75) is 18.9 Å². The molecule has 4 N–H and O–H groups in total. The van der Waals surface area contributed by atoms with Crippen LogP contribution in [-0.4, -0.2) is 43.4 Å². The van der Waals surface area contributed by atoms with Gasteiger partial charge in [-0.2, -0.15) is 5.10 Å². The van der Waals surface area contributed by atoms with Gasteiger partial charge in [-0.05, 0) is 43.2 Å². The van der Waals surface area contributed by atoms with E-state index >= 15 is 0 Å². The SMILES string of the molecule is NC(=O)C(=O)C(CCc1ccc[nH]1)NC(=O)c1ccnn1-c1ccccn1. The predicted octanol–water partition coefficient (Wildman–Crippen LogP) is 0.381. The second-order valence-corrected chi connectivity index (χ2v) is 5.80. The number of nitrogens with zero attached hydrogens (tertiary/aromatic N) is 3. The molecule has 9 nitrogen and oxygen atoms in total. The first-order chi connectivity index (χ1) is 13.1. The lowest BCUT2D eigenvalue weighted by atomic mass is 10.0. The molecule has 0 spiro atoms. The number of nitrogens with two attached hydrogens (primary N) is 1. The number of pyridine rings is 1. The molecule has 0 radical (unpaired) electrons. The van der Waals surface area contributed by atoms with Gasteiger partial charge in [-0.15, -0.1) is 0 Å². The summed E-state index contributed by atoms with van der Waals surface area (Å²) in [6, 6.07) is 9.34. The van der Waals surface area contributed by atoms with Crippen LogP contribution in [0.25, 0.3) is 5.82 Å². The Hall–Kier alpha value is -3.75. The molecule has 1 unspecified atom stereocenters. The van der Waals surface area contributed by atoms with Crippen LogP contribution in [0.5, 0.6) is 0 Å². The lowest BCUT2D eigenvalue weighted by Crippen LogP contribution is -2.46. The molecule has 0 aliphatic rings. The normalized spacial score (nSPS) is 11.7. The van der Waals surface area contributed by atoms with E-state index in [1.54, 1.807) is 30.6 Å². The number of H-pyrrole nitrogens is 1. The average molecular weight is 366 g/mol. The summed E-state index contributed by atoms with van der Waals surface area (Å²) >= 11 is 0. The van der Waals surface area contributed by atoms with Crippen molar-refractivity contribution in [1.29, 1.82) is 0 Å². The minimum Gasteiger partial charge on any atom is -0.365 e. The van der Waals surface area contributed by atoms with E-state index in [0.717, 1.165) is 5.69 Å². The topological polar surface area (TPSA) is 136 Å². The summed E-state index contributed by atoms with van der Waals surface area (Å²) in [4.78, 5) is 43.3. The number of Topliss-reactive ketones (excluding diaryl/α,β-unsaturated/α-hetero) is 1. The molecule has 3 aromatic heterocycles. The van der Waals surface area contributed by atoms with Crippen LogP contribution in [0.3, 0.4) is 0 Å². The van der Waals surface area contributed by atoms with E-state index in [4.69, 9.17) is 5.73 Å². The molecule has 9 heteroatoms. The first-order valence-electron chi connectivity index (χ1n) is 8.28. The summed E-state index contributed by atoms with van der Waals surface area (Å²) in [5.74, 6) is -2.04. The van der Waals surface area contributed by atoms with Crippen LogP contribution >= 0.6 is 0 Å². The van der Waals surface area contributed by atoms with Gasteiger partial charge in [-0.1, -0.05) is 6.07 Å². The van der Waals surface area contributed by atoms with Crippen molar-refractivity contribution in [3.63, 3.8) is 0 Å². The van der Waals surface area contributed by atoms with Crippen molar-refractivity contribution in [3.05, 3.63) is 66.4 Å². The lowest BCUT2D eigenvalue weighted by molar-refractivity contribution is -0.137. The maximum Gasteiger partial charge on any atom is 0.287 e. The van der Waals surface area contributed by atoms with Crippen LogP contribution < -0.4 is 11.1 Å². The van der Waals surface area contributed by atoms with Crippen LogP contribution in [0.1, 0.15) is 22.6 Å². The summed E-state index contributed by atoms with van der Waals surface area (Å²) in [6.07, 6.45) is 5.48. The van der Waals surface area contributed by atoms with Gasteiger partial charge in [0.25, 0.3) is 11.8 Å². The first-order valence-corrected chi connectivity index (χ1v) is 8.28. The van der Waals surface area contributed by atoms with Crippen molar-refractivity contribution < 1.29 is 14.4 Å². The van der Waals surface area contributed by atoms with E-state index in [-0.39, 0.29) is 12.1 Å². The predicted molar refractivity (Wildman–Crippen MR) is 95.9 cm³/mol. The third-order valence-corrected chi connectivity index (χ3v) is 3.97. The van der Waals surface area contributed by atoms with Crippen LogP contribution in [0.4, 0.5) is 0 Å². The van der Waals surface area contributed by atoms with Gasteiger partial charge in [0, 0.05) is 18.1 Å². The maximum absolute atomic E-state index is 12.7. The number of hydrogen-bond acceptors (Lipinski definition) is 5. The number of primary amides is 1. The second-order valence-electron chi connectivity index (χ2n) is 5.80. The fraction of sp³-hybridized carbons (Fsp3) is 0.167. The first kappa shape index (κ1) is 18.1. The molecular weight excluding hydrogens is 348 g/mol. The standard InChI is InChI=1S/C18H18N6O3/c19-17(26)16(25)13(7-6-12-4-3-10-20-12)23-18(27)14-8-11-22-24(14)15-5-1-2-9-21-15/h1-5,8-11,13,20H,6-7H2,(H2,19,26)(H,23,27). The molecule has 0 aromatic carbocycles. The fourth-order valence-electron chi connectivity index (χ4n) is 2.63. The van der Waals surface area contributed by atoms with E-state index in [0.29, 0.717) is 12.2 Å². The molecule has 3 rings (SSSR count). The highest BCUT2D eigenvalue weighted by molar-refractivity contribution is 6.37. The summed E-state index contributed by atoms with van der Waals surface area (Å²) in [7, 11) is 0. The molecule has 3 heterocycles. The Balaban J connectivity index is 1.77. The van der Waals surface area contributed by atoms with Crippen LogP contribution in [-0.2, 0) is 16.0 Å². The Morgan fingerprint density at radius 3 is 2.67 bits per heavy atom. The highest BCUT2D eigenvalue weighted by Crippen LogP contribution is 2.09. The second kappa shape index (κ2) is 8.09. The molecular formula is C18H18N6O3. The van der Waals surface area contributed by atoms with E-state index in [2.05, 4.69) is 20.4 Å². The number of hydrogen-bond donors (Lipinski definition) is 3. The molecule has 0 saturated carbocycles. The Morgan fingerprint density at radius 1 is 1.15 bits per heavy atom. The zero-order chi connectivity index (χ0) is 19.2. The highest BCUT2D eigenvalue weighted by atomic mass is 16.2. The van der Waals surface area contributed by atoms with Gasteiger partial charge in [0.2, 0.25) is 5.78 Å². The van der Waals surface area contributed by atoms with Gasteiger partial charge >= 0.3 is 0 Å². The third kappa shape index (κ3) is 4.27. The number of carbonyl (C=O) groups excluding carboxylic acids is 3. The van der Waals surface area contributed by atoms with Gasteiger partial charge in [-0.25, -0.2) is 9.67 Å². The van der Waals surface area contributed by atoms with E-state index < -0.39 is 23.6 Å². The van der Waals surface area contributed by atoms with Crippen molar-refractivity contribution in [2.75, 3.05) is 0 Å². The smallest absolute Gasteiger partial charge is 0.287 e. The number of ketones is 1. The van der Waals surface area contributed by atoms with Crippen molar-refractivity contribution >= 4 is 17.6 Å². The quantitative estimate of drug-likeness (QED) is 0.495. The third-order valence-electron chi connectivity index (χ3n) is 3.97. The fourth-order valence-corrected chi connectivity index (χ4v) is 2.63. The summed E-state index contributed by atoms with van der Waals surface area (Å²) in [5, 5.41) is 6.67. The van der Waals surface area contributed by atoms with Crippen molar-refractivity contribution in [1.82, 2.24) is 25.1 Å². The Morgan fingerprint density at radius 2 is 2.00 bits per heavy atom. The minimum atomic E-state index is -1.09. The molecule has 0 aliphatic carbocycles. The Labute approximate surface area is 154 Å². The average Bonchev–Trinajstić information content (AvgIpc) is 3.36. The molecule has 0 bridgehead atoms. The number of aromatic amines is 1. The van der Waals surface area contributed by atoms with E-state index in [1.807, 2.05) is 12.1 Å². The molecule has 1 atom stereocenters. The molecule has 138 valence electrons. The van der Waals surface area contributed by atoms with Gasteiger partial charge in [-0.3, -0.25) is 14.4 Å². The highest BCUT2D eigenvalue weighted by Gasteiger charge is 2.26. The number of aromatic nitrogens is 4. The Bertz CT molecular complexity index is 933. The van der Waals surface area contributed by atoms with E-state index in [9.17, 15) is 14.4 Å². The molecule has 2 amide bonds. The van der Waals surface area contributed by atoms with Crippen molar-refractivity contribution in [2.24, 2.45) is 5.73 Å². The van der Waals surface area contributed by atoms with Crippen molar-refractivity contribution in [3.8, 4) is 5.82 Å². The largest absolute Gasteiger partial charge is 0.365 e. The minimum absolute atomic E-state index is 0.191. The van der Waals surface area contributed by atoms with Gasteiger partial charge < -0.3 is 16.0 Å². The number of nitrogens with one attached hydrogen (secondary N) is 2. The van der Waals surface area contributed by atoms with Gasteiger partial charge in [0.1, 0.15) is 5.69 Å². The molecule has 0 saturated heterocycles. The van der Waals surface area contributed by atoms with E-state index in [1.165, 1.54) is 16.9 Å². The lowest BCUT2D eigenvalue weighted by Gasteiger charge is -2.16. The van der Waals surface area contributed by atoms with Gasteiger partial charge in [0.15, 0.2) is 5.82 Å². The van der Waals surface area contributed by atoms with Gasteiger partial charge in [0.05, 0.1) is 12.2 Å². The maximum atomic E-state index is 12.7. The monoisotopic (exact) mass is 366 g/mol. The summed E-state index contributed by atoms with van der Waals surface area (Å²) in [5.41, 5.74) is 6.20. The summed E-state index contributed by atoms with van der Waals surface area (Å²) < 4.78 is 1.35. The zero-order valence-electron chi connectivity index (χ0n) is 14.3. The molecule has 27 heavy (non-hydrogen) atoms. The summed E-state index contributed by atoms with van der Waals surface area (Å²) in [6.45, 7) is 0. The zero-order valence-corrected chi connectivity index (χ0v) is 14.3. The Kier molecular flexibility index (Phi) is 5.41.